The van der Waals surface area contributed by atoms with E-state index in [9.17, 15) is 22.4 Å². The van der Waals surface area contributed by atoms with Gasteiger partial charge in [-0.2, -0.15) is 0 Å². The quantitative estimate of drug-likeness (QED) is 0.584. The largest absolute Gasteiger partial charge is 0.573 e. The Hall–Kier alpha value is -3.69. The lowest BCUT2D eigenvalue weighted by atomic mass is 10.1. The van der Waals surface area contributed by atoms with Crippen LogP contribution in [-0.4, -0.2) is 27.4 Å². The van der Waals surface area contributed by atoms with Gasteiger partial charge in [-0.1, -0.05) is 0 Å². The Bertz CT molecular complexity index is 1050. The minimum absolute atomic E-state index is 0.0290. The topological polar surface area (TPSA) is 84.3 Å². The predicted octanol–water partition coefficient (Wildman–Crippen LogP) is 4.93. The second-order valence-electron chi connectivity index (χ2n) is 5.92. The van der Waals surface area contributed by atoms with Gasteiger partial charge in [-0.3, -0.25) is 0 Å². The zero-order chi connectivity index (χ0) is 21.2. The molecule has 0 saturated carbocycles. The lowest BCUT2D eigenvalue weighted by Gasteiger charge is -2.11. The molecule has 0 atom stereocenters. The van der Waals surface area contributed by atoms with Crippen molar-refractivity contribution in [3.63, 3.8) is 0 Å². The lowest BCUT2D eigenvalue weighted by molar-refractivity contribution is -0.274. The molecular formula is C19H13F4N3O3. The number of benzene rings is 2. The summed E-state index contributed by atoms with van der Waals surface area (Å²) in [5.41, 5.74) is 1.33. The van der Waals surface area contributed by atoms with Crippen LogP contribution in [0, 0.1) is 12.7 Å². The number of carboxylic acids is 1. The van der Waals surface area contributed by atoms with Gasteiger partial charge in [0, 0.05) is 11.8 Å². The van der Waals surface area contributed by atoms with Crippen molar-refractivity contribution < 1.29 is 32.2 Å². The van der Waals surface area contributed by atoms with E-state index in [0.29, 0.717) is 16.8 Å². The van der Waals surface area contributed by atoms with Crippen molar-refractivity contribution in [3.8, 4) is 17.0 Å². The number of carboxylic acid groups (broad SMARTS) is 1. The normalized spacial score (nSPS) is 11.2. The number of ether oxygens (including phenoxy) is 1. The zero-order valence-corrected chi connectivity index (χ0v) is 14.8. The average Bonchev–Trinajstić information content (AvgIpc) is 2.64. The summed E-state index contributed by atoms with van der Waals surface area (Å²) in [5.74, 6) is -2.40. The number of nitrogens with one attached hydrogen (secondary N) is 1. The molecule has 3 rings (SSSR count). The molecule has 29 heavy (non-hydrogen) atoms. The van der Waals surface area contributed by atoms with Crippen LogP contribution in [0.1, 0.15) is 15.9 Å². The van der Waals surface area contributed by atoms with Crippen LogP contribution in [0.4, 0.5) is 29.2 Å². The SMILES string of the molecule is Cc1cnc(Nc2ccc(C(=O)O)cc2F)nc1-c1ccc(OC(F)(F)F)cc1. The van der Waals surface area contributed by atoms with Gasteiger partial charge in [-0.25, -0.2) is 19.2 Å². The summed E-state index contributed by atoms with van der Waals surface area (Å²) in [6, 6.07) is 8.45. The van der Waals surface area contributed by atoms with Crippen molar-refractivity contribution in [2.24, 2.45) is 0 Å². The van der Waals surface area contributed by atoms with Crippen molar-refractivity contribution in [1.29, 1.82) is 0 Å². The third-order valence-corrected chi connectivity index (χ3v) is 3.80. The standard InChI is InChI=1S/C19H13F4N3O3/c1-10-9-24-18(25-15-7-4-12(17(27)28)8-14(15)20)26-16(10)11-2-5-13(6-3-11)29-19(21,22)23/h2-9H,1H3,(H,27,28)(H,24,25,26). The molecular weight excluding hydrogens is 394 g/mol. The van der Waals surface area contributed by atoms with Crippen LogP contribution in [0.25, 0.3) is 11.3 Å². The molecule has 0 saturated heterocycles. The van der Waals surface area contributed by atoms with Gasteiger partial charge in [0.25, 0.3) is 0 Å². The summed E-state index contributed by atoms with van der Waals surface area (Å²) in [5, 5.41) is 11.5. The first-order valence-electron chi connectivity index (χ1n) is 8.12. The molecule has 2 aromatic carbocycles. The molecule has 0 radical (unpaired) electrons. The lowest BCUT2D eigenvalue weighted by Crippen LogP contribution is -2.16. The van der Waals surface area contributed by atoms with E-state index < -0.39 is 18.1 Å². The molecule has 1 aromatic heterocycles. The van der Waals surface area contributed by atoms with Gasteiger partial charge < -0.3 is 15.2 Å². The molecule has 10 heteroatoms. The Morgan fingerprint density at radius 3 is 2.41 bits per heavy atom. The Labute approximate surface area is 161 Å². The van der Waals surface area contributed by atoms with Crippen LogP contribution in [0.3, 0.4) is 0 Å². The molecule has 0 spiro atoms. The number of halogens is 4. The molecule has 2 N–H and O–H groups in total. The summed E-state index contributed by atoms with van der Waals surface area (Å²) in [6.07, 6.45) is -3.32. The highest BCUT2D eigenvalue weighted by Gasteiger charge is 2.31. The van der Waals surface area contributed by atoms with E-state index in [1.54, 1.807) is 6.92 Å². The molecule has 0 unspecified atom stereocenters. The molecule has 0 aliphatic heterocycles. The first-order chi connectivity index (χ1) is 13.6. The molecule has 3 aromatic rings. The van der Waals surface area contributed by atoms with E-state index in [1.165, 1.54) is 30.5 Å². The number of carbonyl (C=O) groups is 1. The maximum absolute atomic E-state index is 14.1. The monoisotopic (exact) mass is 407 g/mol. The van der Waals surface area contributed by atoms with Crippen LogP contribution >= 0.6 is 0 Å². The van der Waals surface area contributed by atoms with Crippen LogP contribution in [0.2, 0.25) is 0 Å². The second kappa shape index (κ2) is 7.74. The Balaban J connectivity index is 1.86. The van der Waals surface area contributed by atoms with Crippen LogP contribution in [0.5, 0.6) is 5.75 Å². The number of alkyl halides is 3. The molecule has 0 aliphatic carbocycles. The van der Waals surface area contributed by atoms with E-state index in [4.69, 9.17) is 5.11 Å². The van der Waals surface area contributed by atoms with Crippen LogP contribution < -0.4 is 10.1 Å². The highest BCUT2D eigenvalue weighted by molar-refractivity contribution is 5.88. The molecule has 0 amide bonds. The van der Waals surface area contributed by atoms with Crippen molar-refractivity contribution in [3.05, 3.63) is 65.6 Å². The third kappa shape index (κ3) is 4.98. The van der Waals surface area contributed by atoms with Crippen LogP contribution in [0.15, 0.2) is 48.7 Å². The number of hydrogen-bond donors (Lipinski definition) is 2. The molecule has 0 bridgehead atoms. The number of aryl methyl sites for hydroxylation is 1. The smallest absolute Gasteiger partial charge is 0.478 e. The summed E-state index contributed by atoms with van der Waals surface area (Å²) in [6.45, 7) is 1.71. The van der Waals surface area contributed by atoms with Crippen molar-refractivity contribution >= 4 is 17.6 Å². The number of hydrogen-bond acceptors (Lipinski definition) is 5. The highest BCUT2D eigenvalue weighted by Crippen LogP contribution is 2.28. The Morgan fingerprint density at radius 1 is 1.14 bits per heavy atom. The number of rotatable bonds is 5. The van der Waals surface area contributed by atoms with E-state index in [0.717, 1.165) is 18.2 Å². The van der Waals surface area contributed by atoms with Crippen molar-refractivity contribution in [1.82, 2.24) is 9.97 Å². The summed E-state index contributed by atoms with van der Waals surface area (Å²) in [4.78, 5) is 19.2. The maximum atomic E-state index is 14.1. The average molecular weight is 407 g/mol. The number of aromatic nitrogens is 2. The zero-order valence-electron chi connectivity index (χ0n) is 14.8. The van der Waals surface area contributed by atoms with Gasteiger partial charge in [0.05, 0.1) is 16.9 Å². The third-order valence-electron chi connectivity index (χ3n) is 3.80. The minimum atomic E-state index is -4.79. The first kappa shape index (κ1) is 20.1. The highest BCUT2D eigenvalue weighted by atomic mass is 19.4. The maximum Gasteiger partial charge on any atom is 0.573 e. The molecule has 1 heterocycles. The van der Waals surface area contributed by atoms with E-state index in [1.807, 2.05) is 0 Å². The second-order valence-corrected chi connectivity index (χ2v) is 5.92. The minimum Gasteiger partial charge on any atom is -0.478 e. The fraction of sp³-hybridized carbons (Fsp3) is 0.105. The summed E-state index contributed by atoms with van der Waals surface area (Å²) >= 11 is 0. The molecule has 6 nitrogen and oxygen atoms in total. The van der Waals surface area contributed by atoms with E-state index >= 15 is 0 Å². The van der Waals surface area contributed by atoms with Crippen molar-refractivity contribution in [2.45, 2.75) is 13.3 Å². The Kier molecular flexibility index (Phi) is 5.35. The van der Waals surface area contributed by atoms with Gasteiger partial charge >= 0.3 is 12.3 Å². The number of anilines is 2. The summed E-state index contributed by atoms with van der Waals surface area (Å²) < 4.78 is 54.8. The van der Waals surface area contributed by atoms with Gasteiger partial charge in [0.15, 0.2) is 0 Å². The predicted molar refractivity (Wildman–Crippen MR) is 95.5 cm³/mol. The number of aromatic carboxylic acids is 1. The van der Waals surface area contributed by atoms with Gasteiger partial charge in [0.1, 0.15) is 11.6 Å². The molecule has 0 aliphatic rings. The van der Waals surface area contributed by atoms with Crippen LogP contribution in [-0.2, 0) is 0 Å². The Morgan fingerprint density at radius 2 is 1.83 bits per heavy atom. The van der Waals surface area contributed by atoms with E-state index in [-0.39, 0.29) is 22.9 Å². The van der Waals surface area contributed by atoms with Gasteiger partial charge in [0.2, 0.25) is 5.95 Å². The van der Waals surface area contributed by atoms with Crippen molar-refractivity contribution in [2.75, 3.05) is 5.32 Å². The first-order valence-corrected chi connectivity index (χ1v) is 8.12. The molecule has 0 fully saturated rings. The summed E-state index contributed by atoms with van der Waals surface area (Å²) in [7, 11) is 0. The fourth-order valence-electron chi connectivity index (χ4n) is 2.48. The van der Waals surface area contributed by atoms with Gasteiger partial charge in [-0.05, 0) is 55.0 Å². The number of nitrogens with zero attached hydrogens (tertiary/aromatic N) is 2. The fourth-order valence-corrected chi connectivity index (χ4v) is 2.48. The molecule has 150 valence electrons. The van der Waals surface area contributed by atoms with Gasteiger partial charge in [-0.15, -0.1) is 13.2 Å². The van der Waals surface area contributed by atoms with E-state index in [2.05, 4.69) is 20.0 Å².